The largest absolute Gasteiger partial charge is 0.330 e. The predicted molar refractivity (Wildman–Crippen MR) is 54.0 cm³/mol. The lowest BCUT2D eigenvalue weighted by atomic mass is 10.3. The minimum absolute atomic E-state index is 0.546. The number of alkyl halides is 2. The highest BCUT2D eigenvalue weighted by atomic mass is 79.9. The molecule has 0 unspecified atom stereocenters. The van der Waals surface area contributed by atoms with Crippen LogP contribution >= 0.6 is 31.9 Å². The van der Waals surface area contributed by atoms with Gasteiger partial charge in [0, 0.05) is 4.83 Å². The van der Waals surface area contributed by atoms with Crippen LogP contribution in [-0.2, 0) is 0 Å². The van der Waals surface area contributed by atoms with E-state index in [1.807, 2.05) is 0 Å². The highest BCUT2D eigenvalue weighted by Crippen LogP contribution is 2.15. The molecule has 10 heavy (non-hydrogen) atoms. The Bertz CT molecular complexity index is 96.3. The van der Waals surface area contributed by atoms with Crippen molar-refractivity contribution in [2.45, 2.75) is 16.6 Å². The Balaban J connectivity index is 3.68. The Labute approximate surface area is 80.6 Å². The lowest BCUT2D eigenvalue weighted by Crippen LogP contribution is -2.41. The minimum Gasteiger partial charge on any atom is -0.330 e. The van der Waals surface area contributed by atoms with E-state index in [0.717, 1.165) is 11.0 Å². The van der Waals surface area contributed by atoms with Crippen molar-refractivity contribution in [2.24, 2.45) is 0 Å². The zero-order chi connectivity index (χ0) is 8.36. The van der Waals surface area contributed by atoms with E-state index in [1.54, 1.807) is 0 Å². The molecule has 0 aromatic carbocycles. The maximum absolute atomic E-state index is 3.62. The van der Waals surface area contributed by atoms with Gasteiger partial charge >= 0.3 is 0 Å². The topological polar surface area (TPSA) is 0 Å². The van der Waals surface area contributed by atoms with Gasteiger partial charge in [-0.2, -0.15) is 0 Å². The van der Waals surface area contributed by atoms with Gasteiger partial charge in [0.25, 0.3) is 0 Å². The predicted octanol–water partition coefficient (Wildman–Crippen LogP) is 2.24. The normalized spacial score (nSPS) is 18.6. The molecule has 0 aliphatic rings. The fraction of sp³-hybridized carbons (Fsp3) is 1.00. The fourth-order valence-corrected chi connectivity index (χ4v) is 1.70. The van der Waals surface area contributed by atoms with Gasteiger partial charge in [0.2, 0.25) is 0 Å². The van der Waals surface area contributed by atoms with Gasteiger partial charge in [0.05, 0.1) is 32.5 Å². The molecule has 0 amide bonds. The van der Waals surface area contributed by atoms with Gasteiger partial charge in [-0.25, -0.2) is 0 Å². The molecule has 0 radical (unpaired) electrons. The molecular formula is C7H16Br2N+. The van der Waals surface area contributed by atoms with E-state index in [1.165, 1.54) is 0 Å². The average Bonchev–Trinajstić information content (AvgIpc) is 1.60. The van der Waals surface area contributed by atoms with E-state index >= 15 is 0 Å². The second-order valence-electron chi connectivity index (χ2n) is 3.67. The van der Waals surface area contributed by atoms with Crippen LogP contribution in [0.2, 0.25) is 0 Å². The summed E-state index contributed by atoms with van der Waals surface area (Å²) in [6, 6.07) is 0. The zero-order valence-electron chi connectivity index (χ0n) is 7.06. The van der Waals surface area contributed by atoms with Crippen molar-refractivity contribution >= 4 is 31.9 Å². The van der Waals surface area contributed by atoms with Crippen molar-refractivity contribution in [1.29, 1.82) is 0 Å². The highest BCUT2D eigenvalue weighted by Gasteiger charge is 2.18. The molecule has 0 spiro atoms. The number of quaternary nitrogens is 1. The molecule has 0 aromatic heterocycles. The number of nitrogens with zero attached hydrogens (tertiary/aromatic N) is 1. The summed E-state index contributed by atoms with van der Waals surface area (Å²) in [7, 11) is 6.59. The summed E-state index contributed by atoms with van der Waals surface area (Å²) in [5, 5.41) is 0. The first kappa shape index (κ1) is 10.9. The fourth-order valence-electron chi connectivity index (χ4n) is 0.668. The summed E-state index contributed by atoms with van der Waals surface area (Å²) >= 11 is 7.15. The van der Waals surface area contributed by atoms with E-state index in [4.69, 9.17) is 0 Å². The van der Waals surface area contributed by atoms with Crippen LogP contribution in [0.5, 0.6) is 0 Å². The lowest BCUT2D eigenvalue weighted by molar-refractivity contribution is -0.869. The number of rotatable bonds is 3. The maximum atomic E-state index is 3.62. The van der Waals surface area contributed by atoms with E-state index in [-0.39, 0.29) is 0 Å². The summed E-state index contributed by atoms with van der Waals surface area (Å²) < 4.78 is 1.01. The van der Waals surface area contributed by atoms with Crippen molar-refractivity contribution < 1.29 is 4.48 Å². The molecular weight excluding hydrogens is 258 g/mol. The number of halogens is 2. The van der Waals surface area contributed by atoms with Gasteiger partial charge in [-0.3, -0.25) is 0 Å². The van der Waals surface area contributed by atoms with Crippen LogP contribution in [0.4, 0.5) is 0 Å². The van der Waals surface area contributed by atoms with Gasteiger partial charge < -0.3 is 4.48 Å². The van der Waals surface area contributed by atoms with E-state index in [9.17, 15) is 0 Å². The summed E-state index contributed by atoms with van der Waals surface area (Å²) in [5.41, 5.74) is 0. The van der Waals surface area contributed by atoms with Gasteiger partial charge in [0.1, 0.15) is 0 Å². The van der Waals surface area contributed by atoms with Crippen LogP contribution < -0.4 is 0 Å². The third-order valence-electron chi connectivity index (χ3n) is 1.22. The lowest BCUT2D eigenvalue weighted by Gasteiger charge is -2.27. The Morgan fingerprint density at radius 1 is 1.20 bits per heavy atom. The van der Waals surface area contributed by atoms with Crippen molar-refractivity contribution in [3.05, 3.63) is 0 Å². The molecule has 0 heterocycles. The molecule has 2 atom stereocenters. The number of hydrogen-bond acceptors (Lipinski definition) is 0. The SMILES string of the molecule is C[C@H](Br)[C@H](Br)C[N+](C)(C)C. The van der Waals surface area contributed by atoms with Gasteiger partial charge in [-0.1, -0.05) is 38.8 Å². The quantitative estimate of drug-likeness (QED) is 0.547. The molecule has 0 aliphatic heterocycles. The first-order valence-corrected chi connectivity index (χ1v) is 5.24. The highest BCUT2D eigenvalue weighted by molar-refractivity contribution is 9.12. The summed E-state index contributed by atoms with van der Waals surface area (Å²) in [4.78, 5) is 1.11. The second kappa shape index (κ2) is 4.07. The molecule has 0 N–H and O–H groups in total. The molecule has 0 saturated carbocycles. The van der Waals surface area contributed by atoms with E-state index < -0.39 is 0 Å². The third kappa shape index (κ3) is 5.69. The molecule has 62 valence electrons. The Kier molecular flexibility index (Phi) is 4.45. The molecule has 0 saturated heterocycles. The molecule has 0 bridgehead atoms. The second-order valence-corrected chi connectivity index (χ2v) is 6.29. The smallest absolute Gasteiger partial charge is 0.0918 e. The summed E-state index contributed by atoms with van der Waals surface area (Å²) in [6.07, 6.45) is 0. The van der Waals surface area contributed by atoms with Gasteiger partial charge in [0.15, 0.2) is 0 Å². The van der Waals surface area contributed by atoms with Crippen molar-refractivity contribution in [1.82, 2.24) is 0 Å². The van der Waals surface area contributed by atoms with Crippen molar-refractivity contribution in [2.75, 3.05) is 27.7 Å². The number of hydrogen-bond donors (Lipinski definition) is 0. The van der Waals surface area contributed by atoms with Crippen LogP contribution in [0.15, 0.2) is 0 Å². The molecule has 0 fully saturated rings. The first-order chi connectivity index (χ1) is 4.33. The zero-order valence-corrected chi connectivity index (χ0v) is 10.2. The maximum Gasteiger partial charge on any atom is 0.0918 e. The molecule has 0 aromatic rings. The summed E-state index contributed by atoms with van der Waals surface area (Å²) in [6.45, 7) is 3.31. The minimum atomic E-state index is 0.546. The van der Waals surface area contributed by atoms with Crippen LogP contribution in [0, 0.1) is 0 Å². The molecule has 3 heteroatoms. The van der Waals surface area contributed by atoms with Crippen LogP contribution in [0.1, 0.15) is 6.92 Å². The molecule has 0 aliphatic carbocycles. The van der Waals surface area contributed by atoms with E-state index in [2.05, 4.69) is 59.9 Å². The molecule has 0 rings (SSSR count). The molecule has 1 nitrogen and oxygen atoms in total. The van der Waals surface area contributed by atoms with Crippen molar-refractivity contribution in [3.8, 4) is 0 Å². The van der Waals surface area contributed by atoms with Crippen LogP contribution in [0.3, 0.4) is 0 Å². The third-order valence-corrected chi connectivity index (χ3v) is 3.65. The monoisotopic (exact) mass is 272 g/mol. The standard InChI is InChI=1S/C7H16Br2N/c1-6(8)7(9)5-10(2,3)4/h6-7H,5H2,1-4H3/q+1/t6-,7+/m0/s1. The Morgan fingerprint density at radius 2 is 1.60 bits per heavy atom. The Hall–Kier alpha value is 0.920. The average molecular weight is 274 g/mol. The van der Waals surface area contributed by atoms with Crippen molar-refractivity contribution in [3.63, 3.8) is 0 Å². The van der Waals surface area contributed by atoms with Crippen LogP contribution in [-0.4, -0.2) is 41.8 Å². The van der Waals surface area contributed by atoms with E-state index in [0.29, 0.717) is 9.65 Å². The van der Waals surface area contributed by atoms with Gasteiger partial charge in [-0.05, 0) is 0 Å². The first-order valence-electron chi connectivity index (χ1n) is 3.41. The van der Waals surface area contributed by atoms with Gasteiger partial charge in [-0.15, -0.1) is 0 Å². The van der Waals surface area contributed by atoms with Crippen LogP contribution in [0.25, 0.3) is 0 Å². The summed E-state index contributed by atoms with van der Waals surface area (Å²) in [5.74, 6) is 0. The Morgan fingerprint density at radius 3 is 1.70 bits per heavy atom.